The maximum atomic E-state index is 12.3. The van der Waals surface area contributed by atoms with Crippen molar-refractivity contribution in [3.63, 3.8) is 0 Å². The average Bonchev–Trinajstić information content (AvgIpc) is 2.68. The number of hydrogen-bond donors (Lipinski definition) is 1. The average molecular weight is 369 g/mol. The first-order valence-corrected chi connectivity index (χ1v) is 10.4. The van der Waals surface area contributed by atoms with Gasteiger partial charge in [-0.25, -0.2) is 0 Å². The molecular formula is C20H20N2OS2. The Morgan fingerprint density at radius 3 is 2.56 bits per heavy atom. The highest BCUT2D eigenvalue weighted by atomic mass is 32.2. The van der Waals surface area contributed by atoms with Crippen molar-refractivity contribution in [1.82, 2.24) is 0 Å². The highest BCUT2D eigenvalue weighted by Crippen LogP contribution is 2.18. The number of carbonyl (C=O) groups excluding carboxylic acids is 1. The number of ketones is 1. The molecular weight excluding hydrogens is 348 g/mol. The summed E-state index contributed by atoms with van der Waals surface area (Å²) in [6, 6.07) is 15.7. The second-order valence-electron chi connectivity index (χ2n) is 5.56. The van der Waals surface area contributed by atoms with Crippen LogP contribution in [0.2, 0.25) is 0 Å². The normalized spacial score (nSPS) is 14.4. The number of aliphatic imine (C=N–C) groups is 1. The van der Waals surface area contributed by atoms with Gasteiger partial charge in [0.15, 0.2) is 11.0 Å². The molecule has 0 saturated heterocycles. The lowest BCUT2D eigenvalue weighted by Gasteiger charge is -2.13. The molecule has 0 fully saturated rings. The summed E-state index contributed by atoms with van der Waals surface area (Å²) in [7, 11) is 0. The fourth-order valence-corrected chi connectivity index (χ4v) is 3.61. The number of anilines is 1. The molecule has 0 radical (unpaired) electrons. The van der Waals surface area contributed by atoms with E-state index in [1.54, 1.807) is 29.6 Å². The van der Waals surface area contributed by atoms with Crippen molar-refractivity contribution in [2.75, 3.05) is 23.9 Å². The molecule has 1 aliphatic heterocycles. The molecule has 0 unspecified atom stereocenters. The fourth-order valence-electron chi connectivity index (χ4n) is 2.36. The Labute approximate surface area is 157 Å². The minimum absolute atomic E-state index is 0.00451. The van der Waals surface area contributed by atoms with Gasteiger partial charge >= 0.3 is 0 Å². The minimum atomic E-state index is 0.00451. The maximum absolute atomic E-state index is 12.3. The molecule has 0 aliphatic carbocycles. The fraction of sp³-hybridized carbons (Fsp3) is 0.200. The van der Waals surface area contributed by atoms with Crippen molar-refractivity contribution in [2.24, 2.45) is 4.99 Å². The molecule has 2 aromatic rings. The zero-order valence-electron chi connectivity index (χ0n) is 14.1. The van der Waals surface area contributed by atoms with Crippen molar-refractivity contribution in [3.05, 3.63) is 65.7 Å². The number of rotatable bonds is 5. The van der Waals surface area contributed by atoms with E-state index in [1.807, 2.05) is 48.7 Å². The third-order valence-electron chi connectivity index (χ3n) is 3.76. The summed E-state index contributed by atoms with van der Waals surface area (Å²) in [5, 5.41) is 4.25. The second-order valence-corrected chi connectivity index (χ2v) is 7.53. The lowest BCUT2D eigenvalue weighted by molar-refractivity contribution is 0.104. The van der Waals surface area contributed by atoms with Gasteiger partial charge in [-0.15, -0.1) is 11.8 Å². The van der Waals surface area contributed by atoms with Crippen molar-refractivity contribution in [1.29, 1.82) is 0 Å². The summed E-state index contributed by atoms with van der Waals surface area (Å²) < 4.78 is 0. The summed E-state index contributed by atoms with van der Waals surface area (Å²) in [6.45, 7) is 0.884. The molecule has 0 aromatic heterocycles. The number of nitrogens with zero attached hydrogens (tertiary/aromatic N) is 1. The number of carbonyl (C=O) groups is 1. The van der Waals surface area contributed by atoms with Crippen LogP contribution >= 0.6 is 23.5 Å². The summed E-state index contributed by atoms with van der Waals surface area (Å²) in [5.41, 5.74) is 2.67. The van der Waals surface area contributed by atoms with Crippen LogP contribution in [-0.4, -0.2) is 29.5 Å². The van der Waals surface area contributed by atoms with E-state index >= 15 is 0 Å². The van der Waals surface area contributed by atoms with E-state index in [0.29, 0.717) is 5.56 Å². The van der Waals surface area contributed by atoms with Gasteiger partial charge < -0.3 is 5.32 Å². The molecule has 0 saturated carbocycles. The van der Waals surface area contributed by atoms with Gasteiger partial charge in [0.25, 0.3) is 0 Å². The van der Waals surface area contributed by atoms with E-state index in [4.69, 9.17) is 0 Å². The van der Waals surface area contributed by atoms with Crippen LogP contribution in [0.5, 0.6) is 0 Å². The van der Waals surface area contributed by atoms with E-state index < -0.39 is 0 Å². The Morgan fingerprint density at radius 2 is 1.92 bits per heavy atom. The molecule has 3 nitrogen and oxygen atoms in total. The van der Waals surface area contributed by atoms with Crippen LogP contribution in [0.1, 0.15) is 22.3 Å². The van der Waals surface area contributed by atoms with Crippen LogP contribution in [0, 0.1) is 0 Å². The quantitative estimate of drug-likeness (QED) is 0.447. The molecule has 1 N–H and O–H groups in total. The van der Waals surface area contributed by atoms with Crippen molar-refractivity contribution >= 4 is 46.2 Å². The number of thioether (sulfide) groups is 2. The van der Waals surface area contributed by atoms with Crippen LogP contribution in [0.15, 0.2) is 64.5 Å². The summed E-state index contributed by atoms with van der Waals surface area (Å²) in [6.07, 6.45) is 6.66. The lowest BCUT2D eigenvalue weighted by Crippen LogP contribution is -2.13. The van der Waals surface area contributed by atoms with Gasteiger partial charge in [0.05, 0.1) is 0 Å². The predicted molar refractivity (Wildman–Crippen MR) is 111 cm³/mol. The largest absolute Gasteiger partial charge is 0.335 e. The van der Waals surface area contributed by atoms with E-state index in [9.17, 15) is 4.79 Å². The van der Waals surface area contributed by atoms with E-state index in [1.165, 1.54) is 4.90 Å². The van der Waals surface area contributed by atoms with Gasteiger partial charge in [0.2, 0.25) is 0 Å². The summed E-state index contributed by atoms with van der Waals surface area (Å²) >= 11 is 3.44. The van der Waals surface area contributed by atoms with E-state index in [-0.39, 0.29) is 5.78 Å². The Hall–Kier alpha value is -1.98. The zero-order valence-corrected chi connectivity index (χ0v) is 15.7. The second kappa shape index (κ2) is 8.92. The van der Waals surface area contributed by atoms with Crippen LogP contribution in [0.25, 0.3) is 6.08 Å². The number of hydrogen-bond acceptors (Lipinski definition) is 5. The standard InChI is InChI=1S/C20H20N2OS2/c1-24-18-10-3-15(4-11-18)5-12-19(23)16-6-8-17(9-7-16)22-20-21-13-2-14-25-20/h3-12H,2,13-14H2,1H3,(H,21,22). The van der Waals surface area contributed by atoms with Gasteiger partial charge in [0, 0.05) is 28.4 Å². The zero-order chi connectivity index (χ0) is 17.5. The van der Waals surface area contributed by atoms with Crippen molar-refractivity contribution in [2.45, 2.75) is 11.3 Å². The summed E-state index contributed by atoms with van der Waals surface area (Å²) in [4.78, 5) is 18.0. The topological polar surface area (TPSA) is 41.5 Å². The Bertz CT molecular complexity index is 780. The molecule has 0 bridgehead atoms. The Balaban J connectivity index is 1.61. The van der Waals surface area contributed by atoms with Gasteiger partial charge in [-0.05, 0) is 60.7 Å². The lowest BCUT2D eigenvalue weighted by atomic mass is 10.1. The smallest absolute Gasteiger partial charge is 0.185 e. The number of amidine groups is 1. The van der Waals surface area contributed by atoms with Crippen LogP contribution < -0.4 is 5.32 Å². The summed E-state index contributed by atoms with van der Waals surface area (Å²) in [5.74, 6) is 1.11. The number of allylic oxidation sites excluding steroid dienone is 1. The molecule has 0 amide bonds. The third-order valence-corrected chi connectivity index (χ3v) is 5.50. The molecule has 25 heavy (non-hydrogen) atoms. The van der Waals surface area contributed by atoms with Gasteiger partial charge in [-0.2, -0.15) is 0 Å². The third kappa shape index (κ3) is 5.25. The first-order valence-electron chi connectivity index (χ1n) is 8.15. The van der Waals surface area contributed by atoms with Crippen LogP contribution in [-0.2, 0) is 0 Å². The Kier molecular flexibility index (Phi) is 6.36. The molecule has 1 aliphatic rings. The van der Waals surface area contributed by atoms with Gasteiger partial charge in [-0.3, -0.25) is 9.79 Å². The number of nitrogens with one attached hydrogen (secondary N) is 1. The van der Waals surface area contributed by atoms with Crippen molar-refractivity contribution in [3.8, 4) is 0 Å². The molecule has 2 aromatic carbocycles. The van der Waals surface area contributed by atoms with Crippen LogP contribution in [0.4, 0.5) is 5.69 Å². The van der Waals surface area contributed by atoms with Crippen molar-refractivity contribution < 1.29 is 4.79 Å². The molecule has 5 heteroatoms. The monoisotopic (exact) mass is 368 g/mol. The molecule has 0 atom stereocenters. The minimum Gasteiger partial charge on any atom is -0.335 e. The molecule has 128 valence electrons. The Morgan fingerprint density at radius 1 is 1.16 bits per heavy atom. The first-order chi connectivity index (χ1) is 12.2. The highest BCUT2D eigenvalue weighted by molar-refractivity contribution is 8.14. The predicted octanol–water partition coefficient (Wildman–Crippen LogP) is 5.21. The van der Waals surface area contributed by atoms with Crippen LogP contribution in [0.3, 0.4) is 0 Å². The molecule has 3 rings (SSSR count). The maximum Gasteiger partial charge on any atom is 0.185 e. The molecule has 1 heterocycles. The highest BCUT2D eigenvalue weighted by Gasteiger charge is 2.07. The SMILES string of the molecule is CSc1ccc(C=CC(=O)c2ccc(NC3=NCCCS3)cc2)cc1. The number of benzene rings is 2. The van der Waals surface area contributed by atoms with Gasteiger partial charge in [0.1, 0.15) is 0 Å². The molecule has 0 spiro atoms. The van der Waals surface area contributed by atoms with E-state index in [0.717, 1.165) is 35.1 Å². The van der Waals surface area contributed by atoms with Gasteiger partial charge in [-0.1, -0.05) is 30.0 Å². The first kappa shape index (κ1) is 17.8. The van der Waals surface area contributed by atoms with E-state index in [2.05, 4.69) is 22.4 Å².